The Hall–Kier alpha value is -2.07. The third-order valence-corrected chi connectivity index (χ3v) is 2.96. The Bertz CT molecular complexity index is 629. The fraction of sp³-hybridized carbons (Fsp3) is 0.200. The fourth-order valence-electron chi connectivity index (χ4n) is 1.82. The average molecular weight is 291 g/mol. The summed E-state index contributed by atoms with van der Waals surface area (Å²) in [6, 6.07) is 10.6. The Kier molecular flexibility index (Phi) is 4.58. The lowest BCUT2D eigenvalue weighted by atomic mass is 10.1. The zero-order valence-corrected chi connectivity index (χ0v) is 12.1. The van der Waals surface area contributed by atoms with Crippen molar-refractivity contribution in [2.24, 2.45) is 0 Å². The minimum atomic E-state index is -0.230. The Morgan fingerprint density at radius 2 is 2.15 bits per heavy atom. The summed E-state index contributed by atoms with van der Waals surface area (Å²) in [5.74, 6) is 0.463. The molecule has 0 saturated carbocycles. The van der Waals surface area contributed by atoms with E-state index in [4.69, 9.17) is 16.3 Å². The lowest BCUT2D eigenvalue weighted by molar-refractivity contribution is 0.0958. The van der Waals surface area contributed by atoms with Gasteiger partial charge in [-0.1, -0.05) is 17.7 Å². The first-order chi connectivity index (χ1) is 9.65. The molecule has 0 spiro atoms. The standard InChI is InChI=1S/C15H15ClN2O2/c1-3-20-14-8-7-10(16)9-11(14)12-5-4-6-13(18-12)15(19)17-2/h4-9H,3H2,1-2H3,(H,17,19). The number of carbonyl (C=O) groups excluding carboxylic acids is 1. The van der Waals surface area contributed by atoms with E-state index in [2.05, 4.69) is 10.3 Å². The van der Waals surface area contributed by atoms with Gasteiger partial charge in [-0.25, -0.2) is 4.98 Å². The first kappa shape index (κ1) is 14.3. The van der Waals surface area contributed by atoms with E-state index >= 15 is 0 Å². The summed E-state index contributed by atoms with van der Waals surface area (Å²) in [6.45, 7) is 2.45. The van der Waals surface area contributed by atoms with Crippen LogP contribution < -0.4 is 10.1 Å². The van der Waals surface area contributed by atoms with Gasteiger partial charge in [0.15, 0.2) is 0 Å². The molecular weight excluding hydrogens is 276 g/mol. The number of benzene rings is 1. The van der Waals surface area contributed by atoms with E-state index in [1.54, 1.807) is 37.4 Å². The number of amides is 1. The smallest absolute Gasteiger partial charge is 0.269 e. The van der Waals surface area contributed by atoms with Gasteiger partial charge >= 0.3 is 0 Å². The van der Waals surface area contributed by atoms with Crippen LogP contribution >= 0.6 is 11.6 Å². The van der Waals surface area contributed by atoms with Crippen LogP contribution in [0, 0.1) is 0 Å². The van der Waals surface area contributed by atoms with E-state index in [1.807, 2.05) is 13.0 Å². The third kappa shape index (κ3) is 3.08. The molecule has 0 aliphatic rings. The van der Waals surface area contributed by atoms with Crippen molar-refractivity contribution in [2.45, 2.75) is 6.92 Å². The zero-order valence-electron chi connectivity index (χ0n) is 11.3. The van der Waals surface area contributed by atoms with E-state index in [-0.39, 0.29) is 5.91 Å². The highest BCUT2D eigenvalue weighted by Gasteiger charge is 2.11. The number of aromatic nitrogens is 1. The van der Waals surface area contributed by atoms with Gasteiger partial charge < -0.3 is 10.1 Å². The molecule has 0 aliphatic carbocycles. The highest BCUT2D eigenvalue weighted by atomic mass is 35.5. The summed E-state index contributed by atoms with van der Waals surface area (Å²) in [5, 5.41) is 3.15. The largest absolute Gasteiger partial charge is 0.493 e. The molecule has 0 aliphatic heterocycles. The molecule has 0 fully saturated rings. The minimum Gasteiger partial charge on any atom is -0.493 e. The number of ether oxygens (including phenoxy) is 1. The van der Waals surface area contributed by atoms with E-state index in [0.717, 1.165) is 5.56 Å². The molecule has 2 aromatic rings. The van der Waals surface area contributed by atoms with Gasteiger partial charge in [0.2, 0.25) is 0 Å². The number of pyridine rings is 1. The number of rotatable bonds is 4. The normalized spacial score (nSPS) is 10.2. The van der Waals surface area contributed by atoms with Crippen LogP contribution in [0.5, 0.6) is 5.75 Å². The van der Waals surface area contributed by atoms with Crippen LogP contribution in [-0.4, -0.2) is 24.5 Å². The van der Waals surface area contributed by atoms with Crippen LogP contribution in [0.3, 0.4) is 0 Å². The van der Waals surface area contributed by atoms with Gasteiger partial charge in [-0.2, -0.15) is 0 Å². The molecule has 104 valence electrons. The Labute approximate surface area is 122 Å². The molecule has 0 unspecified atom stereocenters. The molecule has 0 radical (unpaired) electrons. The first-order valence-electron chi connectivity index (χ1n) is 6.27. The monoisotopic (exact) mass is 290 g/mol. The topological polar surface area (TPSA) is 51.2 Å². The molecule has 4 nitrogen and oxygen atoms in total. The number of hydrogen-bond acceptors (Lipinski definition) is 3. The van der Waals surface area contributed by atoms with Gasteiger partial charge in [0.05, 0.1) is 12.3 Å². The summed E-state index contributed by atoms with van der Waals surface area (Å²) in [6.07, 6.45) is 0. The molecule has 0 saturated heterocycles. The summed E-state index contributed by atoms with van der Waals surface area (Å²) in [4.78, 5) is 16.0. The van der Waals surface area contributed by atoms with Crippen LogP contribution in [0.1, 0.15) is 17.4 Å². The molecule has 1 N–H and O–H groups in total. The Morgan fingerprint density at radius 1 is 1.35 bits per heavy atom. The van der Waals surface area contributed by atoms with Gasteiger partial charge in [0.25, 0.3) is 5.91 Å². The number of nitrogens with zero attached hydrogens (tertiary/aromatic N) is 1. The number of halogens is 1. The van der Waals surface area contributed by atoms with Crippen molar-refractivity contribution in [3.05, 3.63) is 47.1 Å². The molecule has 1 amide bonds. The van der Waals surface area contributed by atoms with Gasteiger partial charge in [-0.3, -0.25) is 4.79 Å². The second-order valence-corrected chi connectivity index (χ2v) is 4.50. The zero-order chi connectivity index (χ0) is 14.5. The molecule has 1 aromatic carbocycles. The predicted octanol–water partition coefficient (Wildman–Crippen LogP) is 3.16. The van der Waals surface area contributed by atoms with Crippen molar-refractivity contribution >= 4 is 17.5 Å². The van der Waals surface area contributed by atoms with Crippen LogP contribution in [0.2, 0.25) is 5.02 Å². The van der Waals surface area contributed by atoms with Gasteiger partial charge in [0, 0.05) is 17.6 Å². The van der Waals surface area contributed by atoms with E-state index in [0.29, 0.717) is 28.8 Å². The van der Waals surface area contributed by atoms with Crippen molar-refractivity contribution in [1.29, 1.82) is 0 Å². The average Bonchev–Trinajstić information content (AvgIpc) is 2.48. The third-order valence-electron chi connectivity index (χ3n) is 2.73. The van der Waals surface area contributed by atoms with E-state index in [9.17, 15) is 4.79 Å². The molecule has 0 atom stereocenters. The van der Waals surface area contributed by atoms with E-state index < -0.39 is 0 Å². The molecule has 0 bridgehead atoms. The highest BCUT2D eigenvalue weighted by Crippen LogP contribution is 2.31. The van der Waals surface area contributed by atoms with E-state index in [1.165, 1.54) is 0 Å². The van der Waals surface area contributed by atoms with Gasteiger partial charge in [0.1, 0.15) is 11.4 Å². The molecule has 20 heavy (non-hydrogen) atoms. The maximum Gasteiger partial charge on any atom is 0.269 e. The van der Waals surface area contributed by atoms with Gasteiger partial charge in [-0.15, -0.1) is 0 Å². The summed E-state index contributed by atoms with van der Waals surface area (Å²) < 4.78 is 5.57. The predicted molar refractivity (Wildman–Crippen MR) is 79.2 cm³/mol. The van der Waals surface area contributed by atoms with Crippen molar-refractivity contribution in [3.63, 3.8) is 0 Å². The summed E-state index contributed by atoms with van der Waals surface area (Å²) in [5.41, 5.74) is 1.77. The fourth-order valence-corrected chi connectivity index (χ4v) is 2.00. The lowest BCUT2D eigenvalue weighted by Gasteiger charge is -2.11. The van der Waals surface area contributed by atoms with Crippen LogP contribution in [-0.2, 0) is 0 Å². The Morgan fingerprint density at radius 3 is 2.85 bits per heavy atom. The molecule has 1 aromatic heterocycles. The quantitative estimate of drug-likeness (QED) is 0.941. The first-order valence-corrected chi connectivity index (χ1v) is 6.65. The number of carbonyl (C=O) groups is 1. The summed E-state index contributed by atoms with van der Waals surface area (Å²) in [7, 11) is 1.57. The van der Waals surface area contributed by atoms with Crippen LogP contribution in [0.4, 0.5) is 0 Å². The maximum absolute atomic E-state index is 11.6. The lowest BCUT2D eigenvalue weighted by Crippen LogP contribution is -2.19. The van der Waals surface area contributed by atoms with Crippen molar-refractivity contribution in [1.82, 2.24) is 10.3 Å². The minimum absolute atomic E-state index is 0.230. The Balaban J connectivity index is 2.50. The highest BCUT2D eigenvalue weighted by molar-refractivity contribution is 6.31. The maximum atomic E-state index is 11.6. The SMILES string of the molecule is CCOc1ccc(Cl)cc1-c1cccc(C(=O)NC)n1. The van der Waals surface area contributed by atoms with Crippen molar-refractivity contribution in [3.8, 4) is 17.0 Å². The molecule has 2 rings (SSSR count). The van der Waals surface area contributed by atoms with Crippen LogP contribution in [0.15, 0.2) is 36.4 Å². The van der Waals surface area contributed by atoms with Gasteiger partial charge in [-0.05, 0) is 37.3 Å². The molecule has 1 heterocycles. The second-order valence-electron chi connectivity index (χ2n) is 4.06. The molecule has 5 heteroatoms. The second kappa shape index (κ2) is 6.39. The molecular formula is C15H15ClN2O2. The summed E-state index contributed by atoms with van der Waals surface area (Å²) >= 11 is 6.03. The van der Waals surface area contributed by atoms with Crippen LogP contribution in [0.25, 0.3) is 11.3 Å². The number of hydrogen-bond donors (Lipinski definition) is 1. The van der Waals surface area contributed by atoms with Crippen molar-refractivity contribution in [2.75, 3.05) is 13.7 Å². The van der Waals surface area contributed by atoms with Crippen molar-refractivity contribution < 1.29 is 9.53 Å². The number of nitrogens with one attached hydrogen (secondary N) is 1.